The Hall–Kier alpha value is -1.38. The van der Waals surface area contributed by atoms with Crippen LogP contribution in [0.2, 0.25) is 0 Å². The van der Waals surface area contributed by atoms with Crippen LogP contribution in [0.3, 0.4) is 0 Å². The number of fused-ring (bicyclic) bond motifs is 1. The quantitative estimate of drug-likeness (QED) is 0.832. The minimum Gasteiger partial charge on any atom is -0.338 e. The number of rotatable bonds is 3. The Balaban J connectivity index is 0.00000243. The van der Waals surface area contributed by atoms with E-state index in [1.165, 1.54) is 6.07 Å². The molecule has 0 spiro atoms. The van der Waals surface area contributed by atoms with Gasteiger partial charge in [0.25, 0.3) is 5.91 Å². The molecule has 0 aromatic carbocycles. The van der Waals surface area contributed by atoms with E-state index in [0.717, 1.165) is 36.8 Å². The molecule has 1 aliphatic heterocycles. The summed E-state index contributed by atoms with van der Waals surface area (Å²) in [6.45, 7) is 4.07. The third-order valence-corrected chi connectivity index (χ3v) is 5.87. The molecule has 0 unspecified atom stereocenters. The monoisotopic (exact) mass is 407 g/mol. The van der Waals surface area contributed by atoms with Gasteiger partial charge >= 0.3 is 6.18 Å². The highest BCUT2D eigenvalue weighted by atomic mass is 35.5. The lowest BCUT2D eigenvalue weighted by Gasteiger charge is -2.31. The normalized spacial score (nSPS) is 16.0. The minimum absolute atomic E-state index is 0. The van der Waals surface area contributed by atoms with Gasteiger partial charge in [-0.1, -0.05) is 0 Å². The van der Waals surface area contributed by atoms with E-state index in [1.54, 1.807) is 11.8 Å². The van der Waals surface area contributed by atoms with Gasteiger partial charge in [-0.15, -0.1) is 23.7 Å². The van der Waals surface area contributed by atoms with Crippen molar-refractivity contribution < 1.29 is 18.0 Å². The largest absolute Gasteiger partial charge is 0.433 e. The number of nitrogens with one attached hydrogen (secondary N) is 1. The van der Waals surface area contributed by atoms with Gasteiger partial charge in [0.1, 0.15) is 10.5 Å². The maximum atomic E-state index is 12.8. The topological polar surface area (TPSA) is 45.2 Å². The van der Waals surface area contributed by atoms with Crippen molar-refractivity contribution in [2.24, 2.45) is 5.92 Å². The minimum atomic E-state index is -4.48. The van der Waals surface area contributed by atoms with Crippen molar-refractivity contribution in [2.75, 3.05) is 26.7 Å². The number of hydrogen-bond donors (Lipinski definition) is 1. The molecule has 1 N–H and O–H groups in total. The van der Waals surface area contributed by atoms with E-state index in [2.05, 4.69) is 10.3 Å². The SMILES string of the molecule is CNCC1CCN(C(=O)c2sc3nc(C(F)(F)F)ccc3c2C)CC1.Cl. The van der Waals surface area contributed by atoms with Crippen LogP contribution in [0.15, 0.2) is 12.1 Å². The third kappa shape index (κ3) is 4.13. The zero-order valence-electron chi connectivity index (χ0n) is 14.5. The molecule has 0 aliphatic carbocycles. The van der Waals surface area contributed by atoms with E-state index >= 15 is 0 Å². The van der Waals surface area contributed by atoms with E-state index < -0.39 is 11.9 Å². The summed E-state index contributed by atoms with van der Waals surface area (Å²) >= 11 is 1.05. The summed E-state index contributed by atoms with van der Waals surface area (Å²) in [4.78, 5) is 19.1. The lowest BCUT2D eigenvalue weighted by Crippen LogP contribution is -2.40. The van der Waals surface area contributed by atoms with Crippen LogP contribution in [0.1, 0.15) is 33.8 Å². The maximum absolute atomic E-state index is 12.8. The first-order valence-electron chi connectivity index (χ1n) is 8.22. The van der Waals surface area contributed by atoms with Crippen molar-refractivity contribution in [3.63, 3.8) is 0 Å². The summed E-state index contributed by atoms with van der Waals surface area (Å²) in [6.07, 6.45) is -2.61. The predicted octanol–water partition coefficient (Wildman–Crippen LogP) is 4.12. The van der Waals surface area contributed by atoms with Crippen molar-refractivity contribution in [2.45, 2.75) is 25.9 Å². The van der Waals surface area contributed by atoms with Crippen LogP contribution in [0.25, 0.3) is 10.2 Å². The zero-order chi connectivity index (χ0) is 18.2. The number of aromatic nitrogens is 1. The van der Waals surface area contributed by atoms with Gasteiger partial charge in [-0.25, -0.2) is 4.98 Å². The molecule has 2 aromatic rings. The van der Waals surface area contributed by atoms with E-state index in [9.17, 15) is 18.0 Å². The van der Waals surface area contributed by atoms with Gasteiger partial charge in [-0.05, 0) is 57.0 Å². The highest BCUT2D eigenvalue weighted by Crippen LogP contribution is 2.35. The Bertz CT molecular complexity index is 785. The Morgan fingerprint density at radius 2 is 2.00 bits per heavy atom. The Kier molecular flexibility index (Phi) is 6.52. The molecule has 26 heavy (non-hydrogen) atoms. The molecule has 1 aliphatic rings. The van der Waals surface area contributed by atoms with E-state index in [1.807, 2.05) is 7.05 Å². The molecule has 9 heteroatoms. The first-order chi connectivity index (χ1) is 11.8. The van der Waals surface area contributed by atoms with Crippen LogP contribution in [0.4, 0.5) is 13.2 Å². The van der Waals surface area contributed by atoms with Crippen molar-refractivity contribution in [1.82, 2.24) is 15.2 Å². The van der Waals surface area contributed by atoms with Crippen LogP contribution in [-0.4, -0.2) is 42.5 Å². The molecule has 3 rings (SSSR count). The van der Waals surface area contributed by atoms with E-state index in [4.69, 9.17) is 0 Å². The maximum Gasteiger partial charge on any atom is 0.433 e. The first-order valence-corrected chi connectivity index (χ1v) is 9.04. The summed E-state index contributed by atoms with van der Waals surface area (Å²) in [5.41, 5.74) is -0.211. The number of carbonyl (C=O) groups excluding carboxylic acids is 1. The number of likely N-dealkylation sites (tertiary alicyclic amines) is 1. The second-order valence-electron chi connectivity index (χ2n) is 6.40. The van der Waals surface area contributed by atoms with Crippen LogP contribution in [0.5, 0.6) is 0 Å². The smallest absolute Gasteiger partial charge is 0.338 e. The molecule has 4 nitrogen and oxygen atoms in total. The zero-order valence-corrected chi connectivity index (χ0v) is 16.2. The van der Waals surface area contributed by atoms with Gasteiger partial charge in [0.2, 0.25) is 0 Å². The second-order valence-corrected chi connectivity index (χ2v) is 7.40. The average Bonchev–Trinajstić information content (AvgIpc) is 2.91. The molecule has 2 aromatic heterocycles. The number of amides is 1. The molecule has 144 valence electrons. The molecule has 0 saturated carbocycles. The number of alkyl halides is 3. The van der Waals surface area contributed by atoms with Crippen molar-refractivity contribution in [1.29, 1.82) is 0 Å². The van der Waals surface area contributed by atoms with Gasteiger partial charge in [0, 0.05) is 18.5 Å². The summed E-state index contributed by atoms with van der Waals surface area (Å²) in [5, 5.41) is 3.77. The molecule has 0 bridgehead atoms. The fourth-order valence-corrected chi connectivity index (χ4v) is 4.38. The number of halogens is 4. The van der Waals surface area contributed by atoms with Crippen LogP contribution in [-0.2, 0) is 6.18 Å². The standard InChI is InChI=1S/C17H20F3N3OS.ClH/c1-10-12-3-4-13(17(18,19)20)22-15(12)25-14(10)16(24)23-7-5-11(6-8-23)9-21-2;/h3-4,11,21H,5-9H2,1-2H3;1H. The van der Waals surface area contributed by atoms with Crippen LogP contribution >= 0.6 is 23.7 Å². The second kappa shape index (κ2) is 8.10. The number of hydrogen-bond acceptors (Lipinski definition) is 4. The summed E-state index contributed by atoms with van der Waals surface area (Å²) in [6, 6.07) is 2.38. The van der Waals surface area contributed by atoms with E-state index in [-0.39, 0.29) is 23.1 Å². The number of aryl methyl sites for hydroxylation is 1. The lowest BCUT2D eigenvalue weighted by molar-refractivity contribution is -0.140. The van der Waals surface area contributed by atoms with Crippen molar-refractivity contribution in [3.8, 4) is 0 Å². The number of nitrogens with zero attached hydrogens (tertiary/aromatic N) is 2. The molecular weight excluding hydrogens is 387 g/mol. The lowest BCUT2D eigenvalue weighted by atomic mass is 9.96. The van der Waals surface area contributed by atoms with Gasteiger partial charge < -0.3 is 10.2 Å². The average molecular weight is 408 g/mol. The Morgan fingerprint density at radius 1 is 1.35 bits per heavy atom. The fraction of sp³-hybridized carbons (Fsp3) is 0.529. The molecular formula is C17H21ClF3N3OS. The molecule has 1 fully saturated rings. The Labute approximate surface area is 160 Å². The summed E-state index contributed by atoms with van der Waals surface area (Å²) in [7, 11) is 1.92. The number of piperidine rings is 1. The number of thiophene rings is 1. The van der Waals surface area contributed by atoms with Crippen LogP contribution in [0, 0.1) is 12.8 Å². The van der Waals surface area contributed by atoms with E-state index in [0.29, 0.717) is 34.8 Å². The van der Waals surface area contributed by atoms with Gasteiger partial charge in [-0.2, -0.15) is 13.2 Å². The number of carbonyl (C=O) groups is 1. The number of pyridine rings is 1. The van der Waals surface area contributed by atoms with Gasteiger partial charge in [0.05, 0.1) is 4.88 Å². The summed E-state index contributed by atoms with van der Waals surface area (Å²) in [5.74, 6) is 0.463. The highest BCUT2D eigenvalue weighted by molar-refractivity contribution is 7.20. The van der Waals surface area contributed by atoms with Crippen LogP contribution < -0.4 is 5.32 Å². The Morgan fingerprint density at radius 3 is 2.58 bits per heavy atom. The first kappa shape index (κ1) is 20.9. The molecule has 3 heterocycles. The third-order valence-electron chi connectivity index (χ3n) is 4.68. The summed E-state index contributed by atoms with van der Waals surface area (Å²) < 4.78 is 38.5. The molecule has 0 atom stereocenters. The van der Waals surface area contributed by atoms with Gasteiger partial charge in [0.15, 0.2) is 0 Å². The van der Waals surface area contributed by atoms with Crippen molar-refractivity contribution in [3.05, 3.63) is 28.3 Å². The van der Waals surface area contributed by atoms with Crippen molar-refractivity contribution >= 4 is 39.9 Å². The molecule has 0 radical (unpaired) electrons. The highest BCUT2D eigenvalue weighted by Gasteiger charge is 2.33. The molecule has 1 amide bonds. The van der Waals surface area contributed by atoms with Gasteiger partial charge in [-0.3, -0.25) is 4.79 Å². The molecule has 1 saturated heterocycles. The predicted molar refractivity (Wildman–Crippen MR) is 99.2 cm³/mol. The fourth-order valence-electron chi connectivity index (χ4n) is 3.23.